The number of rotatable bonds is 3. The number of thiophene rings is 1. The molecule has 1 aliphatic heterocycles. The number of nitrogens with zero attached hydrogens (tertiary/aromatic N) is 3. The van der Waals surface area contributed by atoms with E-state index in [-0.39, 0.29) is 28.8 Å². The summed E-state index contributed by atoms with van der Waals surface area (Å²) in [6.45, 7) is 6.22. The molecule has 0 aromatic carbocycles. The first-order valence-electron chi connectivity index (χ1n) is 10.4. The van der Waals surface area contributed by atoms with E-state index in [1.165, 1.54) is 35.0 Å². The van der Waals surface area contributed by atoms with E-state index in [4.69, 9.17) is 4.98 Å². The Morgan fingerprint density at radius 3 is 2.57 bits per heavy atom. The molecule has 7 heteroatoms. The van der Waals surface area contributed by atoms with Gasteiger partial charge < -0.3 is 4.90 Å². The minimum Gasteiger partial charge on any atom is -0.336 e. The van der Waals surface area contributed by atoms with Crippen molar-refractivity contribution in [2.45, 2.75) is 88.2 Å². The summed E-state index contributed by atoms with van der Waals surface area (Å²) in [5.74, 6) is 0.157. The fourth-order valence-electron chi connectivity index (χ4n) is 4.65. The molecule has 28 heavy (non-hydrogen) atoms. The van der Waals surface area contributed by atoms with Crippen LogP contribution in [0.2, 0.25) is 0 Å². The van der Waals surface area contributed by atoms with E-state index < -0.39 is 0 Å². The molecule has 0 unspecified atom stereocenters. The van der Waals surface area contributed by atoms with Gasteiger partial charge in [0.25, 0.3) is 5.56 Å². The summed E-state index contributed by atoms with van der Waals surface area (Å²) in [4.78, 5) is 35.2. The molecule has 0 radical (unpaired) electrons. The first kappa shape index (κ1) is 20.0. The second-order valence-electron chi connectivity index (χ2n) is 8.28. The standard InChI is InChI=1S/C21H29N3O2S2/c1-12-8-7-9-13(2)24(12)19(25)14(3)27-21-22-18-17(20(26)23(21)4)15-10-5-6-11-16(15)28-18/h12-14H,5-11H2,1-4H3/t12-,13+,14-/m1/s1. The van der Waals surface area contributed by atoms with Crippen LogP contribution >= 0.6 is 23.1 Å². The van der Waals surface area contributed by atoms with Gasteiger partial charge in [-0.3, -0.25) is 14.2 Å². The molecule has 2 aromatic rings. The largest absolute Gasteiger partial charge is 0.336 e. The van der Waals surface area contributed by atoms with Crippen molar-refractivity contribution >= 4 is 39.2 Å². The molecule has 5 nitrogen and oxygen atoms in total. The summed E-state index contributed by atoms with van der Waals surface area (Å²) < 4.78 is 1.64. The number of amides is 1. The molecule has 2 aromatic heterocycles. The van der Waals surface area contributed by atoms with E-state index >= 15 is 0 Å². The zero-order valence-electron chi connectivity index (χ0n) is 17.2. The number of aryl methyl sites for hydroxylation is 2. The van der Waals surface area contributed by atoms with E-state index in [1.54, 1.807) is 23.0 Å². The zero-order chi connectivity index (χ0) is 20.0. The van der Waals surface area contributed by atoms with Gasteiger partial charge in [-0.25, -0.2) is 4.98 Å². The Bertz CT molecular complexity index is 955. The van der Waals surface area contributed by atoms with Crippen LogP contribution in [-0.2, 0) is 24.7 Å². The smallest absolute Gasteiger partial charge is 0.262 e. The van der Waals surface area contributed by atoms with Crippen LogP contribution in [0.1, 0.15) is 63.3 Å². The Morgan fingerprint density at radius 2 is 1.86 bits per heavy atom. The summed E-state index contributed by atoms with van der Waals surface area (Å²) >= 11 is 3.09. The Labute approximate surface area is 174 Å². The highest BCUT2D eigenvalue weighted by Crippen LogP contribution is 2.35. The highest BCUT2D eigenvalue weighted by atomic mass is 32.2. The Balaban J connectivity index is 1.63. The molecular weight excluding hydrogens is 390 g/mol. The molecule has 1 fully saturated rings. The summed E-state index contributed by atoms with van der Waals surface area (Å²) in [6, 6.07) is 0.560. The molecule has 0 N–H and O–H groups in total. The van der Waals surface area contributed by atoms with Crippen LogP contribution in [0.3, 0.4) is 0 Å². The molecule has 3 heterocycles. The first-order valence-corrected chi connectivity index (χ1v) is 12.1. The number of likely N-dealkylation sites (tertiary alicyclic amines) is 1. The van der Waals surface area contributed by atoms with Crippen LogP contribution in [0.15, 0.2) is 9.95 Å². The van der Waals surface area contributed by atoms with Crippen LogP contribution in [0.4, 0.5) is 0 Å². The number of piperidine rings is 1. The maximum Gasteiger partial charge on any atom is 0.262 e. The van der Waals surface area contributed by atoms with Crippen molar-refractivity contribution < 1.29 is 4.79 Å². The van der Waals surface area contributed by atoms with Crippen molar-refractivity contribution in [2.24, 2.45) is 7.05 Å². The average molecular weight is 420 g/mol. The SMILES string of the molecule is C[C@@H]1CCC[C@H](C)N1C(=O)[C@@H](C)Sc1nc2sc3c(c2c(=O)n1C)CCCC3. The number of carbonyl (C=O) groups is 1. The lowest BCUT2D eigenvalue weighted by Gasteiger charge is -2.40. The molecule has 152 valence electrons. The lowest BCUT2D eigenvalue weighted by atomic mass is 9.97. The third-order valence-electron chi connectivity index (χ3n) is 6.23. The van der Waals surface area contributed by atoms with Crippen molar-refractivity contribution in [3.63, 3.8) is 0 Å². The van der Waals surface area contributed by atoms with Gasteiger partial charge in [-0.2, -0.15) is 0 Å². The second kappa shape index (κ2) is 7.82. The zero-order valence-corrected chi connectivity index (χ0v) is 18.8. The Kier molecular flexibility index (Phi) is 5.58. The van der Waals surface area contributed by atoms with Gasteiger partial charge in [0.15, 0.2) is 5.16 Å². The number of thioether (sulfide) groups is 1. The van der Waals surface area contributed by atoms with Gasteiger partial charge in [-0.05, 0) is 71.3 Å². The number of hydrogen-bond acceptors (Lipinski definition) is 5. The summed E-state index contributed by atoms with van der Waals surface area (Å²) in [5.41, 5.74) is 1.25. The Hall–Kier alpha value is -1.34. The number of fused-ring (bicyclic) bond motifs is 3. The van der Waals surface area contributed by atoms with Crippen LogP contribution in [0.25, 0.3) is 10.2 Å². The van der Waals surface area contributed by atoms with Crippen LogP contribution < -0.4 is 5.56 Å². The van der Waals surface area contributed by atoms with E-state index in [0.717, 1.165) is 42.3 Å². The monoisotopic (exact) mass is 419 g/mol. The van der Waals surface area contributed by atoms with Gasteiger partial charge >= 0.3 is 0 Å². The van der Waals surface area contributed by atoms with Gasteiger partial charge in [-0.1, -0.05) is 11.8 Å². The predicted molar refractivity (Wildman–Crippen MR) is 116 cm³/mol. The lowest BCUT2D eigenvalue weighted by Crippen LogP contribution is -2.50. The number of aromatic nitrogens is 2. The summed E-state index contributed by atoms with van der Waals surface area (Å²) in [5, 5.41) is 1.20. The highest BCUT2D eigenvalue weighted by molar-refractivity contribution is 8.00. The second-order valence-corrected chi connectivity index (χ2v) is 10.7. The van der Waals surface area contributed by atoms with Crippen LogP contribution in [-0.4, -0.2) is 37.7 Å². The van der Waals surface area contributed by atoms with Crippen molar-refractivity contribution in [3.05, 3.63) is 20.8 Å². The number of hydrogen-bond donors (Lipinski definition) is 0. The summed E-state index contributed by atoms with van der Waals surface area (Å²) in [6.07, 6.45) is 7.70. The predicted octanol–water partition coefficient (Wildman–Crippen LogP) is 4.14. The van der Waals surface area contributed by atoms with Crippen molar-refractivity contribution in [2.75, 3.05) is 0 Å². The van der Waals surface area contributed by atoms with Crippen LogP contribution in [0.5, 0.6) is 0 Å². The van der Waals surface area contributed by atoms with E-state index in [1.807, 2.05) is 11.8 Å². The molecule has 1 aliphatic carbocycles. The van der Waals surface area contributed by atoms with Gasteiger partial charge in [0.2, 0.25) is 5.91 Å². The minimum atomic E-state index is -0.256. The summed E-state index contributed by atoms with van der Waals surface area (Å²) in [7, 11) is 1.79. The van der Waals surface area contributed by atoms with E-state index in [2.05, 4.69) is 13.8 Å². The topological polar surface area (TPSA) is 55.2 Å². The minimum absolute atomic E-state index is 0.0336. The molecule has 0 saturated carbocycles. The molecule has 0 spiro atoms. The molecule has 0 bridgehead atoms. The fourth-order valence-corrected chi connectivity index (χ4v) is 6.88. The van der Waals surface area contributed by atoms with Crippen molar-refractivity contribution in [3.8, 4) is 0 Å². The van der Waals surface area contributed by atoms with Crippen molar-refractivity contribution in [1.82, 2.24) is 14.5 Å². The van der Waals surface area contributed by atoms with Gasteiger partial charge in [-0.15, -0.1) is 11.3 Å². The third-order valence-corrected chi connectivity index (χ3v) is 8.55. The van der Waals surface area contributed by atoms with Gasteiger partial charge in [0, 0.05) is 24.0 Å². The molecular formula is C21H29N3O2S2. The molecule has 2 aliphatic rings. The molecule has 4 rings (SSSR count). The molecule has 1 amide bonds. The average Bonchev–Trinajstić information content (AvgIpc) is 3.03. The van der Waals surface area contributed by atoms with Gasteiger partial charge in [0.1, 0.15) is 4.83 Å². The maximum atomic E-state index is 13.1. The lowest BCUT2D eigenvalue weighted by molar-refractivity contribution is -0.136. The van der Waals surface area contributed by atoms with Gasteiger partial charge in [0.05, 0.1) is 10.6 Å². The first-order chi connectivity index (χ1) is 13.4. The fraction of sp³-hybridized carbons (Fsp3) is 0.667. The Morgan fingerprint density at radius 1 is 1.18 bits per heavy atom. The van der Waals surface area contributed by atoms with E-state index in [9.17, 15) is 9.59 Å². The maximum absolute atomic E-state index is 13.1. The molecule has 3 atom stereocenters. The van der Waals surface area contributed by atoms with E-state index in [0.29, 0.717) is 5.16 Å². The number of carbonyl (C=O) groups excluding carboxylic acids is 1. The quantitative estimate of drug-likeness (QED) is 0.554. The van der Waals surface area contributed by atoms with Crippen molar-refractivity contribution in [1.29, 1.82) is 0 Å². The van der Waals surface area contributed by atoms with Crippen LogP contribution in [0, 0.1) is 0 Å². The highest BCUT2D eigenvalue weighted by Gasteiger charge is 2.33. The third kappa shape index (κ3) is 3.41. The normalized spacial score (nSPS) is 23.6. The molecule has 1 saturated heterocycles.